The summed E-state index contributed by atoms with van der Waals surface area (Å²) in [6, 6.07) is 9.20. The highest BCUT2D eigenvalue weighted by atomic mass is 32.1. The van der Waals surface area contributed by atoms with Gasteiger partial charge in [0.05, 0.1) is 22.2 Å². The number of nitrogens with one attached hydrogen (secondary N) is 1. The minimum absolute atomic E-state index is 0.0794. The van der Waals surface area contributed by atoms with Crippen LogP contribution in [0.5, 0.6) is 0 Å². The summed E-state index contributed by atoms with van der Waals surface area (Å²) in [7, 11) is 0. The lowest BCUT2D eigenvalue weighted by molar-refractivity contribution is -0.139. The van der Waals surface area contributed by atoms with Crippen molar-refractivity contribution < 1.29 is 29.1 Å². The average molecular weight is 625 g/mol. The van der Waals surface area contributed by atoms with Crippen LogP contribution in [-0.2, 0) is 22.4 Å². The predicted molar refractivity (Wildman–Crippen MR) is 166 cm³/mol. The third kappa shape index (κ3) is 7.39. The second kappa shape index (κ2) is 13.8. The lowest BCUT2D eigenvalue weighted by Crippen LogP contribution is -2.53. The molecule has 0 spiro atoms. The molecule has 0 bridgehead atoms. The molecule has 236 valence electrons. The number of carboxylic acid groups (broad SMARTS) is 1. The van der Waals surface area contributed by atoms with Crippen molar-refractivity contribution in [3.05, 3.63) is 52.9 Å². The van der Waals surface area contributed by atoms with Crippen molar-refractivity contribution in [1.82, 2.24) is 25.3 Å². The average Bonchev–Trinajstić information content (AvgIpc) is 3.73. The molecule has 1 aromatic carbocycles. The standard InChI is InChI=1S/C31H40N6O6S/c1-19(12-25-15-27(34-43-25)35-10-11-36(31(41)42)20(2)16-35)13-28(39)37-17-24(38)14-26(37)30(40)32-9-8-22-4-6-23(7-5-22)29-21(3)33-18-44-29/h4-7,15,18-20,24,26,38H,8-14,16-17H2,1-3H3,(H,32,40)(H,41,42)/t19-,20-,24-,26-/m1/s1. The molecule has 0 radical (unpaired) electrons. The number of hydrogen-bond acceptors (Lipinski definition) is 9. The lowest BCUT2D eigenvalue weighted by Gasteiger charge is -2.38. The van der Waals surface area contributed by atoms with E-state index in [1.807, 2.05) is 37.2 Å². The van der Waals surface area contributed by atoms with Gasteiger partial charge in [-0.3, -0.25) is 9.59 Å². The summed E-state index contributed by atoms with van der Waals surface area (Å²) >= 11 is 1.61. The van der Waals surface area contributed by atoms with Gasteiger partial charge in [-0.2, -0.15) is 0 Å². The van der Waals surface area contributed by atoms with Crippen LogP contribution in [-0.4, -0.2) is 99.0 Å². The first kappa shape index (κ1) is 31.5. The Labute approximate surface area is 260 Å². The van der Waals surface area contributed by atoms with Crippen LogP contribution in [0.3, 0.4) is 0 Å². The van der Waals surface area contributed by atoms with Crippen molar-refractivity contribution in [3.63, 3.8) is 0 Å². The third-order valence-corrected chi connectivity index (χ3v) is 9.37. The number of benzene rings is 1. The Kier molecular flexibility index (Phi) is 9.84. The molecule has 3 N–H and O–H groups in total. The van der Waals surface area contributed by atoms with Gasteiger partial charge in [-0.1, -0.05) is 36.3 Å². The predicted octanol–water partition coefficient (Wildman–Crippen LogP) is 3.18. The van der Waals surface area contributed by atoms with E-state index >= 15 is 0 Å². The molecule has 0 aliphatic carbocycles. The zero-order valence-corrected chi connectivity index (χ0v) is 26.1. The molecule has 4 heterocycles. The van der Waals surface area contributed by atoms with Crippen molar-refractivity contribution in [2.75, 3.05) is 37.6 Å². The van der Waals surface area contributed by atoms with Gasteiger partial charge in [0, 0.05) is 64.1 Å². The molecule has 2 fully saturated rings. The number of β-amino-alcohol motifs (C(OH)–C–C–N with tert-alkyl or cyclic N) is 1. The minimum atomic E-state index is -0.925. The summed E-state index contributed by atoms with van der Waals surface area (Å²) in [5.41, 5.74) is 5.06. The fraction of sp³-hybridized carbons (Fsp3) is 0.516. The largest absolute Gasteiger partial charge is 0.465 e. The summed E-state index contributed by atoms with van der Waals surface area (Å²) in [6.07, 6.45) is -0.112. The number of aliphatic hydroxyl groups is 1. The van der Waals surface area contributed by atoms with Crippen LogP contribution in [0.2, 0.25) is 0 Å². The molecule has 3 aromatic rings. The SMILES string of the molecule is Cc1ncsc1-c1ccc(CCNC(=O)[C@H]2C[C@@H](O)CN2C(=O)C[C@H](C)Cc2cc(N3CCN(C(=O)O)[C@H](C)C3)no2)cc1. The number of thiazole rings is 1. The number of nitrogens with zero attached hydrogens (tertiary/aromatic N) is 5. The fourth-order valence-corrected chi connectivity index (χ4v) is 6.83. The van der Waals surface area contributed by atoms with E-state index in [0.717, 1.165) is 21.7 Å². The molecule has 12 nitrogen and oxygen atoms in total. The topological polar surface area (TPSA) is 152 Å². The van der Waals surface area contributed by atoms with Crippen LogP contribution in [0.15, 0.2) is 40.4 Å². The normalized spacial score (nSPS) is 21.0. The first-order valence-electron chi connectivity index (χ1n) is 15.0. The van der Waals surface area contributed by atoms with E-state index in [1.54, 1.807) is 11.3 Å². The minimum Gasteiger partial charge on any atom is -0.465 e. The quantitative estimate of drug-likeness (QED) is 0.309. The van der Waals surface area contributed by atoms with E-state index in [1.165, 1.54) is 9.80 Å². The van der Waals surface area contributed by atoms with Crippen LogP contribution in [0.25, 0.3) is 10.4 Å². The molecule has 2 saturated heterocycles. The molecule has 44 heavy (non-hydrogen) atoms. The van der Waals surface area contributed by atoms with E-state index in [0.29, 0.717) is 50.6 Å². The van der Waals surface area contributed by atoms with Gasteiger partial charge in [0.1, 0.15) is 11.8 Å². The molecule has 13 heteroatoms. The number of rotatable bonds is 10. The van der Waals surface area contributed by atoms with Crippen LogP contribution >= 0.6 is 11.3 Å². The molecule has 2 aliphatic rings. The number of carbonyl (C=O) groups is 3. The maximum atomic E-state index is 13.3. The second-order valence-electron chi connectivity index (χ2n) is 11.9. The number of piperazine rings is 1. The van der Waals surface area contributed by atoms with Gasteiger partial charge in [-0.15, -0.1) is 11.3 Å². The summed E-state index contributed by atoms with van der Waals surface area (Å²) in [5, 5.41) is 26.7. The Morgan fingerprint density at radius 2 is 1.93 bits per heavy atom. The lowest BCUT2D eigenvalue weighted by atomic mass is 10.0. The molecule has 0 unspecified atom stereocenters. The third-order valence-electron chi connectivity index (χ3n) is 8.39. The molecular formula is C31H40N6O6S. The Morgan fingerprint density at radius 1 is 1.16 bits per heavy atom. The zero-order chi connectivity index (χ0) is 31.4. The monoisotopic (exact) mass is 624 g/mol. The van der Waals surface area contributed by atoms with Crippen LogP contribution < -0.4 is 10.2 Å². The first-order chi connectivity index (χ1) is 21.1. The van der Waals surface area contributed by atoms with E-state index in [-0.39, 0.29) is 43.2 Å². The molecule has 5 rings (SSSR count). The van der Waals surface area contributed by atoms with Crippen molar-refractivity contribution in [3.8, 4) is 10.4 Å². The molecule has 3 amide bonds. The van der Waals surface area contributed by atoms with Crippen molar-refractivity contribution in [1.29, 1.82) is 0 Å². The number of aromatic nitrogens is 2. The number of anilines is 1. The summed E-state index contributed by atoms with van der Waals surface area (Å²) in [6.45, 7) is 7.80. The van der Waals surface area contributed by atoms with E-state index in [9.17, 15) is 24.6 Å². The maximum Gasteiger partial charge on any atom is 0.407 e. The van der Waals surface area contributed by atoms with Crippen molar-refractivity contribution in [2.45, 2.75) is 64.6 Å². The number of amides is 3. The number of likely N-dealkylation sites (tertiary alicyclic amines) is 1. The number of carbonyl (C=O) groups excluding carboxylic acids is 2. The summed E-state index contributed by atoms with van der Waals surface area (Å²) in [5.74, 6) is 0.780. The maximum absolute atomic E-state index is 13.3. The number of aryl methyl sites for hydroxylation is 1. The highest BCUT2D eigenvalue weighted by Gasteiger charge is 2.39. The zero-order valence-electron chi connectivity index (χ0n) is 25.3. The molecule has 0 saturated carbocycles. The highest BCUT2D eigenvalue weighted by Crippen LogP contribution is 2.28. The Hall–Kier alpha value is -3.97. The summed E-state index contributed by atoms with van der Waals surface area (Å²) < 4.78 is 5.54. The molecule has 4 atom stereocenters. The van der Waals surface area contributed by atoms with Gasteiger partial charge in [0.25, 0.3) is 0 Å². The van der Waals surface area contributed by atoms with E-state index in [2.05, 4.69) is 39.7 Å². The van der Waals surface area contributed by atoms with E-state index < -0.39 is 18.2 Å². The van der Waals surface area contributed by atoms with Gasteiger partial charge >= 0.3 is 6.09 Å². The Bertz CT molecular complexity index is 1460. The van der Waals surface area contributed by atoms with Crippen molar-refractivity contribution >= 4 is 35.1 Å². The first-order valence-corrected chi connectivity index (χ1v) is 15.9. The highest BCUT2D eigenvalue weighted by molar-refractivity contribution is 7.13. The van der Waals surface area contributed by atoms with Gasteiger partial charge in [-0.05, 0) is 37.3 Å². The second-order valence-corrected chi connectivity index (χ2v) is 12.7. The van der Waals surface area contributed by atoms with Gasteiger partial charge < -0.3 is 34.8 Å². The van der Waals surface area contributed by atoms with E-state index in [4.69, 9.17) is 4.52 Å². The molecule has 2 aliphatic heterocycles. The van der Waals surface area contributed by atoms with Gasteiger partial charge in [-0.25, -0.2) is 9.78 Å². The molecular weight excluding hydrogens is 584 g/mol. The Balaban J connectivity index is 1.09. The van der Waals surface area contributed by atoms with Crippen LogP contribution in [0.4, 0.5) is 10.6 Å². The fourth-order valence-electron chi connectivity index (χ4n) is 6.02. The number of hydrogen-bond donors (Lipinski definition) is 3. The smallest absolute Gasteiger partial charge is 0.407 e. The van der Waals surface area contributed by atoms with Crippen LogP contribution in [0, 0.1) is 12.8 Å². The molecule has 2 aromatic heterocycles. The number of aliphatic hydroxyl groups excluding tert-OH is 1. The van der Waals surface area contributed by atoms with Crippen molar-refractivity contribution in [2.24, 2.45) is 5.92 Å². The van der Waals surface area contributed by atoms with Gasteiger partial charge in [0.2, 0.25) is 11.8 Å². The Morgan fingerprint density at radius 3 is 2.61 bits per heavy atom. The van der Waals surface area contributed by atoms with Gasteiger partial charge in [0.15, 0.2) is 5.82 Å². The van der Waals surface area contributed by atoms with Crippen LogP contribution in [0.1, 0.15) is 43.7 Å². The summed E-state index contributed by atoms with van der Waals surface area (Å²) in [4.78, 5) is 48.0.